The average molecular weight is 306 g/mol. The first-order valence-electron chi connectivity index (χ1n) is 7.90. The summed E-state index contributed by atoms with van der Waals surface area (Å²) < 4.78 is 12.8. The molecule has 1 aliphatic heterocycles. The van der Waals surface area contributed by atoms with Crippen molar-refractivity contribution in [2.75, 3.05) is 26.2 Å². The van der Waals surface area contributed by atoms with Gasteiger partial charge in [0.05, 0.1) is 0 Å². The van der Waals surface area contributed by atoms with E-state index in [1.807, 2.05) is 16.7 Å². The van der Waals surface area contributed by atoms with Crippen molar-refractivity contribution in [1.82, 2.24) is 9.80 Å². The molecular weight excluding hydrogens is 283 g/mol. The Hall–Kier alpha value is -1.91. The Balaban J connectivity index is 1.75. The Bertz CT molecular complexity index is 508. The zero-order chi connectivity index (χ0) is 15.9. The van der Waals surface area contributed by atoms with Crippen LogP contribution >= 0.6 is 0 Å². The van der Waals surface area contributed by atoms with Crippen molar-refractivity contribution >= 4 is 11.8 Å². The largest absolute Gasteiger partial charge is 0.339 e. The number of hydrogen-bond acceptors (Lipinski definition) is 2. The molecule has 0 N–H and O–H groups in total. The first-order chi connectivity index (χ1) is 10.6. The second-order valence-electron chi connectivity index (χ2n) is 5.64. The quantitative estimate of drug-likeness (QED) is 0.837. The minimum atomic E-state index is -0.261. The molecule has 120 valence electrons. The van der Waals surface area contributed by atoms with Gasteiger partial charge in [0.2, 0.25) is 11.8 Å². The van der Waals surface area contributed by atoms with Crippen LogP contribution in [-0.2, 0) is 16.0 Å². The third-order valence-electron chi connectivity index (χ3n) is 3.99. The molecule has 5 heteroatoms. The molecule has 1 saturated heterocycles. The standard InChI is InChI=1S/C17H23FN2O2/c1-2-3-16(21)19-10-12-20(13-11-19)17(22)9-6-14-4-7-15(18)8-5-14/h4-5,7-8H,2-3,6,9-13H2,1H3. The van der Waals surface area contributed by atoms with Crippen molar-refractivity contribution in [3.05, 3.63) is 35.6 Å². The third kappa shape index (κ3) is 4.55. The minimum Gasteiger partial charge on any atom is -0.339 e. The second kappa shape index (κ2) is 7.92. The zero-order valence-electron chi connectivity index (χ0n) is 13.1. The highest BCUT2D eigenvalue weighted by Crippen LogP contribution is 2.10. The number of hydrogen-bond donors (Lipinski definition) is 0. The molecule has 1 fully saturated rings. The molecule has 0 bridgehead atoms. The van der Waals surface area contributed by atoms with E-state index in [0.29, 0.717) is 45.4 Å². The maximum Gasteiger partial charge on any atom is 0.223 e. The van der Waals surface area contributed by atoms with E-state index in [4.69, 9.17) is 0 Å². The van der Waals surface area contributed by atoms with E-state index in [1.165, 1.54) is 12.1 Å². The molecule has 0 radical (unpaired) electrons. The highest BCUT2D eigenvalue weighted by Gasteiger charge is 2.23. The van der Waals surface area contributed by atoms with Crippen LogP contribution in [0, 0.1) is 5.82 Å². The van der Waals surface area contributed by atoms with Gasteiger partial charge in [0.25, 0.3) is 0 Å². The lowest BCUT2D eigenvalue weighted by molar-refractivity contribution is -0.139. The number of aryl methyl sites for hydroxylation is 1. The SMILES string of the molecule is CCCC(=O)N1CCN(C(=O)CCc2ccc(F)cc2)CC1. The van der Waals surface area contributed by atoms with Crippen LogP contribution in [0.1, 0.15) is 31.7 Å². The maximum absolute atomic E-state index is 12.8. The lowest BCUT2D eigenvalue weighted by Gasteiger charge is -2.35. The fourth-order valence-electron chi connectivity index (χ4n) is 2.64. The van der Waals surface area contributed by atoms with Crippen molar-refractivity contribution in [3.63, 3.8) is 0 Å². The highest BCUT2D eigenvalue weighted by atomic mass is 19.1. The van der Waals surface area contributed by atoms with E-state index in [-0.39, 0.29) is 17.6 Å². The Morgan fingerprint density at radius 2 is 1.45 bits per heavy atom. The molecule has 22 heavy (non-hydrogen) atoms. The van der Waals surface area contributed by atoms with Crippen LogP contribution < -0.4 is 0 Å². The molecule has 2 amide bonds. The van der Waals surface area contributed by atoms with Crippen molar-refractivity contribution < 1.29 is 14.0 Å². The van der Waals surface area contributed by atoms with Gasteiger partial charge in [0.1, 0.15) is 5.82 Å². The van der Waals surface area contributed by atoms with Crippen LogP contribution in [0.5, 0.6) is 0 Å². The number of carbonyl (C=O) groups excluding carboxylic acids is 2. The fraction of sp³-hybridized carbons (Fsp3) is 0.529. The summed E-state index contributed by atoms with van der Waals surface area (Å²) in [6.07, 6.45) is 2.48. The van der Waals surface area contributed by atoms with Crippen LogP contribution in [0.3, 0.4) is 0 Å². The van der Waals surface area contributed by atoms with E-state index in [9.17, 15) is 14.0 Å². The molecule has 4 nitrogen and oxygen atoms in total. The molecule has 1 aromatic rings. The Morgan fingerprint density at radius 1 is 0.955 bits per heavy atom. The van der Waals surface area contributed by atoms with Gasteiger partial charge in [-0.15, -0.1) is 0 Å². The molecule has 0 aliphatic carbocycles. The van der Waals surface area contributed by atoms with Gasteiger partial charge >= 0.3 is 0 Å². The number of nitrogens with zero attached hydrogens (tertiary/aromatic N) is 2. The van der Waals surface area contributed by atoms with Gasteiger partial charge in [-0.05, 0) is 30.5 Å². The third-order valence-corrected chi connectivity index (χ3v) is 3.99. The van der Waals surface area contributed by atoms with E-state index in [2.05, 4.69) is 0 Å². The highest BCUT2D eigenvalue weighted by molar-refractivity contribution is 5.78. The lowest BCUT2D eigenvalue weighted by Crippen LogP contribution is -2.50. The predicted molar refractivity (Wildman–Crippen MR) is 82.8 cm³/mol. The summed E-state index contributed by atoms with van der Waals surface area (Å²) in [5, 5.41) is 0. The van der Waals surface area contributed by atoms with Gasteiger partial charge in [0.15, 0.2) is 0 Å². The summed E-state index contributed by atoms with van der Waals surface area (Å²) in [6, 6.07) is 6.25. The number of amides is 2. The number of piperazine rings is 1. The van der Waals surface area contributed by atoms with E-state index in [1.54, 1.807) is 12.1 Å². The minimum absolute atomic E-state index is 0.104. The van der Waals surface area contributed by atoms with Crippen LogP contribution in [0.2, 0.25) is 0 Å². The van der Waals surface area contributed by atoms with Crippen LogP contribution in [-0.4, -0.2) is 47.8 Å². The predicted octanol–water partition coefficient (Wildman–Crippen LogP) is 2.23. The Labute approximate surface area is 130 Å². The molecular formula is C17H23FN2O2. The Kier molecular flexibility index (Phi) is 5.92. The monoisotopic (exact) mass is 306 g/mol. The molecule has 1 aliphatic rings. The summed E-state index contributed by atoms with van der Waals surface area (Å²) in [4.78, 5) is 27.7. The average Bonchev–Trinajstić information content (AvgIpc) is 2.54. The molecule has 0 saturated carbocycles. The van der Waals surface area contributed by atoms with Crippen LogP contribution in [0.25, 0.3) is 0 Å². The lowest BCUT2D eigenvalue weighted by atomic mass is 10.1. The van der Waals surface area contributed by atoms with Crippen molar-refractivity contribution in [2.45, 2.75) is 32.6 Å². The Morgan fingerprint density at radius 3 is 1.95 bits per heavy atom. The molecule has 0 unspecified atom stereocenters. The van der Waals surface area contributed by atoms with Crippen molar-refractivity contribution in [3.8, 4) is 0 Å². The molecule has 0 aromatic heterocycles. The first-order valence-corrected chi connectivity index (χ1v) is 7.90. The topological polar surface area (TPSA) is 40.6 Å². The van der Waals surface area contributed by atoms with Gasteiger partial charge in [-0.1, -0.05) is 19.1 Å². The number of halogens is 1. The summed E-state index contributed by atoms with van der Waals surface area (Å²) in [6.45, 7) is 4.46. The van der Waals surface area contributed by atoms with E-state index >= 15 is 0 Å². The van der Waals surface area contributed by atoms with Gasteiger partial charge in [-0.2, -0.15) is 0 Å². The summed E-state index contributed by atoms with van der Waals surface area (Å²) in [5.41, 5.74) is 0.964. The second-order valence-corrected chi connectivity index (χ2v) is 5.64. The normalized spacial score (nSPS) is 15.0. The molecule has 0 atom stereocenters. The zero-order valence-corrected chi connectivity index (χ0v) is 13.1. The number of benzene rings is 1. The molecule has 2 rings (SSSR count). The van der Waals surface area contributed by atoms with E-state index < -0.39 is 0 Å². The van der Waals surface area contributed by atoms with Gasteiger partial charge in [-0.3, -0.25) is 9.59 Å². The summed E-state index contributed by atoms with van der Waals surface area (Å²) in [5.74, 6) is 0.0239. The summed E-state index contributed by atoms with van der Waals surface area (Å²) in [7, 11) is 0. The van der Waals surface area contributed by atoms with Gasteiger partial charge in [0, 0.05) is 39.0 Å². The fourth-order valence-corrected chi connectivity index (χ4v) is 2.64. The maximum atomic E-state index is 12.8. The molecule has 0 spiro atoms. The van der Waals surface area contributed by atoms with Crippen molar-refractivity contribution in [1.29, 1.82) is 0 Å². The van der Waals surface area contributed by atoms with Crippen LogP contribution in [0.15, 0.2) is 24.3 Å². The number of carbonyl (C=O) groups is 2. The van der Waals surface area contributed by atoms with Gasteiger partial charge < -0.3 is 9.80 Å². The molecule has 1 heterocycles. The smallest absolute Gasteiger partial charge is 0.223 e. The van der Waals surface area contributed by atoms with Crippen LogP contribution in [0.4, 0.5) is 4.39 Å². The van der Waals surface area contributed by atoms with Gasteiger partial charge in [-0.25, -0.2) is 4.39 Å². The van der Waals surface area contributed by atoms with E-state index in [0.717, 1.165) is 12.0 Å². The summed E-state index contributed by atoms with van der Waals surface area (Å²) >= 11 is 0. The molecule has 1 aromatic carbocycles. The first kappa shape index (κ1) is 16.5. The van der Waals surface area contributed by atoms with Crippen molar-refractivity contribution in [2.24, 2.45) is 0 Å². The number of rotatable bonds is 5.